The molecule has 1 fully saturated rings. The van der Waals surface area contributed by atoms with Gasteiger partial charge >= 0.3 is 5.97 Å². The topological polar surface area (TPSA) is 75.9 Å². The van der Waals surface area contributed by atoms with Gasteiger partial charge in [-0.05, 0) is 33.6 Å². The van der Waals surface area contributed by atoms with Gasteiger partial charge in [-0.2, -0.15) is 0 Å². The molecule has 1 aromatic heterocycles. The van der Waals surface area contributed by atoms with E-state index in [0.717, 1.165) is 36.5 Å². The van der Waals surface area contributed by atoms with Gasteiger partial charge in [-0.1, -0.05) is 5.16 Å². The molecule has 2 heterocycles. The molecule has 1 aromatic rings. The number of esters is 1. The third-order valence-corrected chi connectivity index (χ3v) is 4.37. The fourth-order valence-corrected chi connectivity index (χ4v) is 3.02. The molecule has 2 rings (SSSR count). The van der Waals surface area contributed by atoms with E-state index in [1.165, 1.54) is 0 Å². The van der Waals surface area contributed by atoms with Gasteiger partial charge in [0, 0.05) is 38.2 Å². The molecule has 0 radical (unpaired) electrons. The Balaban J connectivity index is 1.80. The number of aromatic nitrogens is 1. The molecule has 1 aliphatic rings. The quantitative estimate of drug-likeness (QED) is 0.729. The standard InChI is InChI=1S/C17H27N3O4/c1-4-23-17(22)12-19-8-5-9-20(11-10-19)16(21)7-6-15-13(2)18-24-14(15)3/h4-12H2,1-3H3. The molecule has 1 amide bonds. The summed E-state index contributed by atoms with van der Waals surface area (Å²) in [6.45, 7) is 9.18. The monoisotopic (exact) mass is 337 g/mol. The van der Waals surface area contributed by atoms with Crippen molar-refractivity contribution in [1.29, 1.82) is 0 Å². The number of carbonyl (C=O) groups is 2. The van der Waals surface area contributed by atoms with E-state index in [2.05, 4.69) is 10.1 Å². The van der Waals surface area contributed by atoms with Crippen LogP contribution in [0.5, 0.6) is 0 Å². The zero-order valence-electron chi connectivity index (χ0n) is 14.8. The van der Waals surface area contributed by atoms with E-state index >= 15 is 0 Å². The number of ether oxygens (including phenoxy) is 1. The predicted molar refractivity (Wildman–Crippen MR) is 88.6 cm³/mol. The Hall–Kier alpha value is -1.89. The van der Waals surface area contributed by atoms with Crippen LogP contribution >= 0.6 is 0 Å². The van der Waals surface area contributed by atoms with E-state index in [9.17, 15) is 9.59 Å². The van der Waals surface area contributed by atoms with Crippen LogP contribution in [0, 0.1) is 13.8 Å². The molecule has 0 spiro atoms. The van der Waals surface area contributed by atoms with Crippen molar-refractivity contribution in [2.75, 3.05) is 39.3 Å². The summed E-state index contributed by atoms with van der Waals surface area (Å²) in [7, 11) is 0. The van der Waals surface area contributed by atoms with E-state index in [1.54, 1.807) is 6.92 Å². The Morgan fingerprint density at radius 1 is 1.21 bits per heavy atom. The molecular weight excluding hydrogens is 310 g/mol. The van der Waals surface area contributed by atoms with Gasteiger partial charge in [0.15, 0.2) is 0 Å². The number of rotatable bonds is 6. The van der Waals surface area contributed by atoms with Gasteiger partial charge in [-0.3, -0.25) is 14.5 Å². The van der Waals surface area contributed by atoms with Crippen molar-refractivity contribution < 1.29 is 18.8 Å². The minimum absolute atomic E-state index is 0.146. The van der Waals surface area contributed by atoms with E-state index in [1.807, 2.05) is 18.7 Å². The van der Waals surface area contributed by atoms with Crippen molar-refractivity contribution in [2.45, 2.75) is 40.0 Å². The maximum Gasteiger partial charge on any atom is 0.320 e. The average Bonchev–Trinajstić information content (AvgIpc) is 2.74. The summed E-state index contributed by atoms with van der Waals surface area (Å²) in [5, 5.41) is 3.92. The number of aryl methyl sites for hydroxylation is 2. The molecule has 0 atom stereocenters. The second-order valence-corrected chi connectivity index (χ2v) is 6.12. The van der Waals surface area contributed by atoms with Crippen LogP contribution in [0.2, 0.25) is 0 Å². The highest BCUT2D eigenvalue weighted by Gasteiger charge is 2.21. The second-order valence-electron chi connectivity index (χ2n) is 6.12. The molecule has 24 heavy (non-hydrogen) atoms. The Kier molecular flexibility index (Phi) is 6.78. The number of nitrogens with zero attached hydrogens (tertiary/aromatic N) is 3. The Morgan fingerprint density at radius 2 is 2.00 bits per heavy atom. The SMILES string of the molecule is CCOC(=O)CN1CCCN(C(=O)CCc2c(C)noc2C)CC1. The lowest BCUT2D eigenvalue weighted by Gasteiger charge is -2.21. The molecule has 0 bridgehead atoms. The zero-order chi connectivity index (χ0) is 17.5. The van der Waals surface area contributed by atoms with Gasteiger partial charge in [0.05, 0.1) is 18.8 Å². The van der Waals surface area contributed by atoms with Crippen LogP contribution in [0.15, 0.2) is 4.52 Å². The molecular formula is C17H27N3O4. The van der Waals surface area contributed by atoms with Crippen molar-refractivity contribution in [2.24, 2.45) is 0 Å². The molecule has 0 aliphatic carbocycles. The van der Waals surface area contributed by atoms with Gasteiger partial charge in [0.2, 0.25) is 5.91 Å². The lowest BCUT2D eigenvalue weighted by Crippen LogP contribution is -2.37. The minimum atomic E-state index is -0.198. The lowest BCUT2D eigenvalue weighted by atomic mass is 10.1. The summed E-state index contributed by atoms with van der Waals surface area (Å²) in [4.78, 5) is 28.0. The first kappa shape index (κ1) is 18.4. The summed E-state index contributed by atoms with van der Waals surface area (Å²) < 4.78 is 10.1. The fraction of sp³-hybridized carbons (Fsp3) is 0.706. The van der Waals surface area contributed by atoms with E-state index in [4.69, 9.17) is 9.26 Å². The maximum atomic E-state index is 12.5. The van der Waals surface area contributed by atoms with Crippen molar-refractivity contribution >= 4 is 11.9 Å². The number of hydrogen-bond donors (Lipinski definition) is 0. The first-order chi connectivity index (χ1) is 11.5. The van der Waals surface area contributed by atoms with E-state index < -0.39 is 0 Å². The van der Waals surface area contributed by atoms with Crippen molar-refractivity contribution in [3.05, 3.63) is 17.0 Å². The number of carbonyl (C=O) groups excluding carboxylic acids is 2. The van der Waals surface area contributed by atoms with Crippen LogP contribution < -0.4 is 0 Å². The highest BCUT2D eigenvalue weighted by atomic mass is 16.5. The third kappa shape index (κ3) is 5.06. The van der Waals surface area contributed by atoms with Gasteiger partial charge in [-0.25, -0.2) is 0 Å². The van der Waals surface area contributed by atoms with Crippen molar-refractivity contribution in [1.82, 2.24) is 15.0 Å². The largest absolute Gasteiger partial charge is 0.465 e. The van der Waals surface area contributed by atoms with E-state index in [0.29, 0.717) is 39.1 Å². The third-order valence-electron chi connectivity index (χ3n) is 4.37. The highest BCUT2D eigenvalue weighted by molar-refractivity contribution is 5.76. The average molecular weight is 337 g/mol. The summed E-state index contributed by atoms with van der Waals surface area (Å²) in [5.41, 5.74) is 1.89. The molecule has 1 aliphatic heterocycles. The van der Waals surface area contributed by atoms with Crippen molar-refractivity contribution in [3.63, 3.8) is 0 Å². The number of hydrogen-bond acceptors (Lipinski definition) is 6. The van der Waals surface area contributed by atoms with Crippen LogP contribution in [0.4, 0.5) is 0 Å². The molecule has 0 aromatic carbocycles. The number of amides is 1. The van der Waals surface area contributed by atoms with Crippen molar-refractivity contribution in [3.8, 4) is 0 Å². The molecule has 7 heteroatoms. The Morgan fingerprint density at radius 3 is 2.67 bits per heavy atom. The summed E-state index contributed by atoms with van der Waals surface area (Å²) in [6.07, 6.45) is 1.99. The Bertz CT molecular complexity index is 551. The van der Waals surface area contributed by atoms with Gasteiger partial charge in [-0.15, -0.1) is 0 Å². The second kappa shape index (κ2) is 8.82. The summed E-state index contributed by atoms with van der Waals surface area (Å²) >= 11 is 0. The van der Waals surface area contributed by atoms with Crippen LogP contribution in [0.1, 0.15) is 36.8 Å². The Labute approximate surface area is 142 Å². The van der Waals surface area contributed by atoms with Gasteiger partial charge in [0.25, 0.3) is 0 Å². The molecule has 0 N–H and O–H groups in total. The van der Waals surface area contributed by atoms with E-state index in [-0.39, 0.29) is 11.9 Å². The highest BCUT2D eigenvalue weighted by Crippen LogP contribution is 2.15. The first-order valence-electron chi connectivity index (χ1n) is 8.58. The molecule has 134 valence electrons. The van der Waals surface area contributed by atoms with Crippen LogP contribution in [0.25, 0.3) is 0 Å². The zero-order valence-corrected chi connectivity index (χ0v) is 14.8. The fourth-order valence-electron chi connectivity index (χ4n) is 3.02. The normalized spacial score (nSPS) is 16.0. The molecule has 0 saturated carbocycles. The minimum Gasteiger partial charge on any atom is -0.465 e. The molecule has 7 nitrogen and oxygen atoms in total. The summed E-state index contributed by atoms with van der Waals surface area (Å²) in [6, 6.07) is 0. The smallest absolute Gasteiger partial charge is 0.320 e. The molecule has 1 saturated heterocycles. The van der Waals surface area contributed by atoms with Gasteiger partial charge < -0.3 is 14.2 Å². The first-order valence-corrected chi connectivity index (χ1v) is 8.58. The van der Waals surface area contributed by atoms with Crippen LogP contribution in [0.3, 0.4) is 0 Å². The van der Waals surface area contributed by atoms with Crippen LogP contribution in [-0.2, 0) is 20.7 Å². The molecule has 0 unspecified atom stereocenters. The summed E-state index contributed by atoms with van der Waals surface area (Å²) in [5.74, 6) is 0.737. The van der Waals surface area contributed by atoms with Crippen LogP contribution in [-0.4, -0.2) is 66.2 Å². The maximum absolute atomic E-state index is 12.5. The lowest BCUT2D eigenvalue weighted by molar-refractivity contribution is -0.144. The predicted octanol–water partition coefficient (Wildman–Crippen LogP) is 1.32. The van der Waals surface area contributed by atoms with Gasteiger partial charge in [0.1, 0.15) is 5.76 Å².